The van der Waals surface area contributed by atoms with Gasteiger partial charge in [-0.1, -0.05) is 12.1 Å². The van der Waals surface area contributed by atoms with Gasteiger partial charge >= 0.3 is 0 Å². The summed E-state index contributed by atoms with van der Waals surface area (Å²) in [5, 5.41) is 9.85. The number of aromatic nitrogens is 2. The van der Waals surface area contributed by atoms with Crippen LogP contribution in [0, 0.1) is 24.2 Å². The summed E-state index contributed by atoms with van der Waals surface area (Å²) in [6.45, 7) is 6.09. The first-order chi connectivity index (χ1) is 28.6. The van der Waals surface area contributed by atoms with Crippen LogP contribution in [0.1, 0.15) is 118 Å². The number of nitrogens with zero attached hydrogens (tertiary/aromatic N) is 4. The number of benzene rings is 2. The van der Waals surface area contributed by atoms with Crippen molar-refractivity contribution in [3.63, 3.8) is 0 Å². The molecular weight excluding hydrogens is 767 g/mol. The number of carbonyl (C=O) groups excluding carboxylic acids is 5. The fraction of sp³-hybridized carbons (Fsp3) is 0.489. The number of fused-ring (bicyclic) bond motifs is 2. The average molecular weight is 818 g/mol. The summed E-state index contributed by atoms with van der Waals surface area (Å²) in [7, 11) is 1.61. The van der Waals surface area contributed by atoms with Crippen LogP contribution in [0.5, 0.6) is 5.75 Å². The molecule has 4 aromatic rings. The highest BCUT2D eigenvalue weighted by Gasteiger charge is 2.47. The standard InChI is InChI=1S/C45H51N7O6S/c1-26-5-3-8-32(47-26)40(54)48-33-22-37-34(21-36(33)58-2)49-42(59-37)29-11-9-27(10-12-29)25-51-19-16-45(17-20-51)23-28(24-45)15-18-46-31-7-4-6-30-39(31)44(57)52(43(30)56)35-13-14-38(53)50-41(35)55/h3-8,21-22,27-29,35,46H,9-20,23-25H2,1-2H3,(H,48,54)(H,50,53,55). The molecule has 0 bridgehead atoms. The minimum Gasteiger partial charge on any atom is -0.494 e. The molecule has 1 unspecified atom stereocenters. The molecule has 308 valence electrons. The molecule has 13 nitrogen and oxygen atoms in total. The number of rotatable bonds is 11. The molecule has 0 radical (unpaired) electrons. The second-order valence-electron chi connectivity index (χ2n) is 17.4. The van der Waals surface area contributed by atoms with E-state index in [0.29, 0.717) is 63.7 Å². The molecule has 5 aliphatic rings. The summed E-state index contributed by atoms with van der Waals surface area (Å²) in [4.78, 5) is 76.9. The summed E-state index contributed by atoms with van der Waals surface area (Å²) in [6.07, 6.45) is 11.0. The first kappa shape index (κ1) is 39.3. The van der Waals surface area contributed by atoms with Crippen LogP contribution in [0.2, 0.25) is 0 Å². The lowest BCUT2D eigenvalue weighted by Gasteiger charge is -2.53. The first-order valence-corrected chi connectivity index (χ1v) is 21.9. The van der Waals surface area contributed by atoms with Crippen molar-refractivity contribution in [2.45, 2.75) is 89.5 Å². The van der Waals surface area contributed by atoms with E-state index >= 15 is 0 Å². The molecule has 2 aromatic carbocycles. The summed E-state index contributed by atoms with van der Waals surface area (Å²) in [5.41, 5.74) is 4.38. The Bertz CT molecular complexity index is 2320. The Balaban J connectivity index is 0.713. The van der Waals surface area contributed by atoms with Gasteiger partial charge in [0.1, 0.15) is 17.5 Å². The second kappa shape index (κ2) is 16.1. The van der Waals surface area contributed by atoms with Crippen LogP contribution in [-0.4, -0.2) is 88.6 Å². The fourth-order valence-corrected chi connectivity index (χ4v) is 11.4. The van der Waals surface area contributed by atoms with Crippen LogP contribution >= 0.6 is 11.3 Å². The molecule has 3 N–H and O–H groups in total. The number of aryl methyl sites for hydroxylation is 1. The summed E-state index contributed by atoms with van der Waals surface area (Å²) < 4.78 is 6.68. The molecule has 2 aromatic heterocycles. The topological polar surface area (TPSA) is 163 Å². The average Bonchev–Trinajstić information content (AvgIpc) is 3.75. The van der Waals surface area contributed by atoms with Crippen molar-refractivity contribution in [3.05, 3.63) is 76.1 Å². The van der Waals surface area contributed by atoms with Crippen molar-refractivity contribution < 1.29 is 28.7 Å². The van der Waals surface area contributed by atoms with Gasteiger partial charge in [-0.15, -0.1) is 11.3 Å². The third kappa shape index (κ3) is 7.84. The molecule has 2 saturated carbocycles. The predicted octanol–water partition coefficient (Wildman–Crippen LogP) is 6.93. The molecule has 9 rings (SSSR count). The highest BCUT2D eigenvalue weighted by molar-refractivity contribution is 7.18. The number of amides is 5. The van der Waals surface area contributed by atoms with Crippen LogP contribution in [0.25, 0.3) is 10.2 Å². The zero-order valence-electron chi connectivity index (χ0n) is 33.7. The number of piperidine rings is 2. The first-order valence-electron chi connectivity index (χ1n) is 21.1. The fourth-order valence-electron chi connectivity index (χ4n) is 10.3. The van der Waals surface area contributed by atoms with E-state index in [4.69, 9.17) is 9.72 Å². The van der Waals surface area contributed by atoms with Gasteiger partial charge in [-0.05, 0) is 132 Å². The zero-order valence-corrected chi connectivity index (χ0v) is 34.5. The molecule has 2 aliphatic carbocycles. The highest BCUT2D eigenvalue weighted by Crippen LogP contribution is 2.54. The van der Waals surface area contributed by atoms with Crippen LogP contribution in [0.4, 0.5) is 11.4 Å². The number of methoxy groups -OCH3 is 1. The van der Waals surface area contributed by atoms with Gasteiger partial charge in [0.15, 0.2) is 0 Å². The Labute approximate surface area is 347 Å². The number of carbonyl (C=O) groups is 5. The Morgan fingerprint density at radius 2 is 1.71 bits per heavy atom. The van der Waals surface area contributed by atoms with Gasteiger partial charge in [-0.2, -0.15) is 0 Å². The van der Waals surface area contributed by atoms with Gasteiger partial charge in [-0.25, -0.2) is 9.97 Å². The number of anilines is 2. The molecule has 1 spiro atoms. The number of likely N-dealkylation sites (tertiary alicyclic amines) is 1. The van der Waals surface area contributed by atoms with Crippen LogP contribution in [-0.2, 0) is 9.59 Å². The number of hydrogen-bond acceptors (Lipinski definition) is 11. The van der Waals surface area contributed by atoms with E-state index in [2.05, 4.69) is 25.8 Å². The molecule has 3 aliphatic heterocycles. The van der Waals surface area contributed by atoms with E-state index in [9.17, 15) is 24.0 Å². The summed E-state index contributed by atoms with van der Waals surface area (Å²) in [5.74, 6) is 0.189. The van der Waals surface area contributed by atoms with Crippen molar-refractivity contribution in [1.82, 2.24) is 25.1 Å². The molecular formula is C45H51N7O6S. The lowest BCUT2D eigenvalue weighted by Crippen LogP contribution is -2.54. The Hall–Kier alpha value is -5.21. The monoisotopic (exact) mass is 817 g/mol. The Morgan fingerprint density at radius 1 is 0.932 bits per heavy atom. The van der Waals surface area contributed by atoms with Gasteiger partial charge in [0.2, 0.25) is 11.8 Å². The summed E-state index contributed by atoms with van der Waals surface area (Å²) in [6, 6.07) is 13.6. The maximum absolute atomic E-state index is 13.4. The maximum atomic E-state index is 13.4. The minimum atomic E-state index is -0.968. The summed E-state index contributed by atoms with van der Waals surface area (Å²) >= 11 is 1.73. The van der Waals surface area contributed by atoms with Gasteiger partial charge in [0.25, 0.3) is 17.7 Å². The molecule has 14 heteroatoms. The van der Waals surface area contributed by atoms with Gasteiger partial charge in [0, 0.05) is 42.9 Å². The third-order valence-electron chi connectivity index (χ3n) is 13.5. The van der Waals surface area contributed by atoms with Crippen LogP contribution < -0.4 is 20.7 Å². The second-order valence-corrected chi connectivity index (χ2v) is 18.4. The molecule has 5 heterocycles. The van der Waals surface area contributed by atoms with E-state index in [1.165, 1.54) is 63.2 Å². The van der Waals surface area contributed by atoms with Crippen molar-refractivity contribution in [1.29, 1.82) is 0 Å². The largest absolute Gasteiger partial charge is 0.494 e. The van der Waals surface area contributed by atoms with Crippen molar-refractivity contribution in [2.75, 3.05) is 43.9 Å². The molecule has 5 amide bonds. The van der Waals surface area contributed by atoms with Gasteiger partial charge in [-0.3, -0.25) is 34.2 Å². The number of thiazole rings is 1. The normalized spacial score (nSPS) is 23.3. The van der Waals surface area contributed by atoms with Crippen molar-refractivity contribution in [2.24, 2.45) is 17.3 Å². The van der Waals surface area contributed by atoms with Gasteiger partial charge < -0.3 is 20.3 Å². The van der Waals surface area contributed by atoms with E-state index in [0.717, 1.165) is 40.1 Å². The Morgan fingerprint density at radius 3 is 2.46 bits per heavy atom. The minimum absolute atomic E-state index is 0.0997. The number of imide groups is 2. The Kier molecular flexibility index (Phi) is 10.7. The van der Waals surface area contributed by atoms with E-state index in [-0.39, 0.29) is 24.7 Å². The molecule has 4 fully saturated rings. The third-order valence-corrected chi connectivity index (χ3v) is 14.7. The van der Waals surface area contributed by atoms with Gasteiger partial charge in [0.05, 0.1) is 39.1 Å². The highest BCUT2D eigenvalue weighted by atomic mass is 32.1. The lowest BCUT2D eigenvalue weighted by atomic mass is 9.57. The van der Waals surface area contributed by atoms with E-state index < -0.39 is 23.8 Å². The molecule has 2 saturated heterocycles. The molecule has 1 atom stereocenters. The zero-order chi connectivity index (χ0) is 40.8. The van der Waals surface area contributed by atoms with E-state index in [1.54, 1.807) is 36.6 Å². The predicted molar refractivity (Wildman–Crippen MR) is 225 cm³/mol. The number of ether oxygens (including phenoxy) is 1. The maximum Gasteiger partial charge on any atom is 0.274 e. The van der Waals surface area contributed by atoms with E-state index in [1.807, 2.05) is 37.3 Å². The number of nitrogens with one attached hydrogen (secondary N) is 3. The van der Waals surface area contributed by atoms with Crippen molar-refractivity contribution in [3.8, 4) is 5.75 Å². The number of hydrogen-bond donors (Lipinski definition) is 3. The van der Waals surface area contributed by atoms with Crippen LogP contribution in [0.3, 0.4) is 0 Å². The SMILES string of the molecule is COc1cc2nc(C3CCC(CN4CCC5(CC4)CC(CCNc4cccc6c4C(=O)N(C4CCC(=O)NC4=O)C6=O)C5)CC3)sc2cc1NC(=O)c1cccc(C)n1. The quantitative estimate of drug-likeness (QED) is 0.135. The van der Waals surface area contributed by atoms with Crippen molar-refractivity contribution >= 4 is 62.5 Å². The van der Waals surface area contributed by atoms with Crippen LogP contribution in [0.15, 0.2) is 48.5 Å². The smallest absolute Gasteiger partial charge is 0.274 e. The lowest BCUT2D eigenvalue weighted by molar-refractivity contribution is -0.136. The molecule has 59 heavy (non-hydrogen) atoms. The number of pyridine rings is 1.